The molecule has 74 valence electrons. The first-order chi connectivity index (χ1) is 5.56. The minimum atomic E-state index is -0.710. The zero-order valence-corrected chi connectivity index (χ0v) is 8.34. The summed E-state index contributed by atoms with van der Waals surface area (Å²) in [5.74, 6) is 0.208. The average molecular weight is 175 g/mol. The summed E-state index contributed by atoms with van der Waals surface area (Å²) in [7, 11) is 1.66. The van der Waals surface area contributed by atoms with Gasteiger partial charge in [0, 0.05) is 20.3 Å². The highest BCUT2D eigenvalue weighted by molar-refractivity contribution is 4.82. The van der Waals surface area contributed by atoms with Crippen LogP contribution in [0.15, 0.2) is 0 Å². The van der Waals surface area contributed by atoms with Gasteiger partial charge in [0.1, 0.15) is 0 Å². The summed E-state index contributed by atoms with van der Waals surface area (Å²) < 4.78 is 4.91. The van der Waals surface area contributed by atoms with Crippen LogP contribution in [0.5, 0.6) is 0 Å². The Morgan fingerprint density at radius 3 is 2.42 bits per heavy atom. The lowest BCUT2D eigenvalue weighted by Gasteiger charge is -2.30. The summed E-state index contributed by atoms with van der Waals surface area (Å²) in [4.78, 5) is 0. The van der Waals surface area contributed by atoms with Gasteiger partial charge < -0.3 is 15.6 Å². The van der Waals surface area contributed by atoms with Gasteiger partial charge in [0.15, 0.2) is 0 Å². The number of nitrogens with two attached hydrogens (primary N) is 1. The zero-order chi connectivity index (χ0) is 9.61. The van der Waals surface area contributed by atoms with Crippen LogP contribution in [-0.4, -0.2) is 31.0 Å². The molecule has 0 aliphatic carbocycles. The lowest BCUT2D eigenvalue weighted by molar-refractivity contribution is -0.0109. The molecule has 0 aliphatic rings. The van der Waals surface area contributed by atoms with Crippen molar-refractivity contribution in [1.82, 2.24) is 0 Å². The Hall–Kier alpha value is -0.120. The molecule has 0 aromatic carbocycles. The maximum atomic E-state index is 9.94. The van der Waals surface area contributed by atoms with E-state index in [-0.39, 0.29) is 5.92 Å². The monoisotopic (exact) mass is 175 g/mol. The molecule has 1 unspecified atom stereocenters. The molecule has 1 atom stereocenters. The van der Waals surface area contributed by atoms with E-state index in [2.05, 4.69) is 0 Å². The molecule has 0 spiro atoms. The molecule has 0 heterocycles. The third-order valence-electron chi connectivity index (χ3n) is 2.39. The molecule has 0 bridgehead atoms. The Kier molecular flexibility index (Phi) is 5.46. The van der Waals surface area contributed by atoms with Gasteiger partial charge in [0.05, 0.1) is 5.60 Å². The van der Waals surface area contributed by atoms with E-state index < -0.39 is 5.60 Å². The molecule has 3 heteroatoms. The van der Waals surface area contributed by atoms with Crippen molar-refractivity contribution in [3.05, 3.63) is 0 Å². The topological polar surface area (TPSA) is 55.5 Å². The lowest BCUT2D eigenvalue weighted by Crippen LogP contribution is -2.42. The molecule has 0 saturated carbocycles. The van der Waals surface area contributed by atoms with Crippen LogP contribution in [0, 0.1) is 5.92 Å². The van der Waals surface area contributed by atoms with Crippen molar-refractivity contribution in [1.29, 1.82) is 0 Å². The van der Waals surface area contributed by atoms with E-state index in [0.717, 1.165) is 12.8 Å². The minimum absolute atomic E-state index is 0.208. The highest BCUT2D eigenvalue weighted by atomic mass is 16.5. The van der Waals surface area contributed by atoms with Crippen LogP contribution in [0.25, 0.3) is 0 Å². The van der Waals surface area contributed by atoms with Crippen LogP contribution in [0.2, 0.25) is 0 Å². The van der Waals surface area contributed by atoms with E-state index in [0.29, 0.717) is 13.2 Å². The summed E-state index contributed by atoms with van der Waals surface area (Å²) in [6, 6.07) is 0. The van der Waals surface area contributed by atoms with Gasteiger partial charge in [-0.1, -0.05) is 13.8 Å². The largest absolute Gasteiger partial charge is 0.388 e. The van der Waals surface area contributed by atoms with Crippen LogP contribution < -0.4 is 5.73 Å². The highest BCUT2D eigenvalue weighted by Crippen LogP contribution is 2.21. The summed E-state index contributed by atoms with van der Waals surface area (Å²) in [5.41, 5.74) is 4.79. The van der Waals surface area contributed by atoms with Crippen molar-refractivity contribution in [3.8, 4) is 0 Å². The fourth-order valence-corrected chi connectivity index (χ4v) is 1.15. The SMILES string of the molecule is COCCCC(O)(CN)C(C)C. The predicted molar refractivity (Wildman–Crippen MR) is 50.0 cm³/mol. The Morgan fingerprint density at radius 1 is 1.50 bits per heavy atom. The molecule has 0 aromatic rings. The molecule has 3 N–H and O–H groups in total. The van der Waals surface area contributed by atoms with E-state index in [1.807, 2.05) is 13.8 Å². The Labute approximate surface area is 74.9 Å². The Bertz CT molecular complexity index is 117. The highest BCUT2D eigenvalue weighted by Gasteiger charge is 2.28. The molecule has 0 radical (unpaired) electrons. The molecule has 3 nitrogen and oxygen atoms in total. The van der Waals surface area contributed by atoms with Gasteiger partial charge in [-0.15, -0.1) is 0 Å². The maximum absolute atomic E-state index is 9.94. The van der Waals surface area contributed by atoms with Crippen LogP contribution in [0.1, 0.15) is 26.7 Å². The maximum Gasteiger partial charge on any atom is 0.0792 e. The van der Waals surface area contributed by atoms with Crippen LogP contribution >= 0.6 is 0 Å². The lowest BCUT2D eigenvalue weighted by atomic mass is 9.86. The molecule has 0 aromatic heterocycles. The first-order valence-corrected chi connectivity index (χ1v) is 4.48. The number of ether oxygens (including phenoxy) is 1. The van der Waals surface area contributed by atoms with Crippen molar-refractivity contribution in [2.45, 2.75) is 32.3 Å². The number of aliphatic hydroxyl groups is 1. The molecule has 0 fully saturated rings. The molecule has 0 amide bonds. The van der Waals surface area contributed by atoms with Gasteiger partial charge in [-0.05, 0) is 18.8 Å². The van der Waals surface area contributed by atoms with E-state index in [1.165, 1.54) is 0 Å². The first kappa shape index (κ1) is 11.9. The first-order valence-electron chi connectivity index (χ1n) is 4.48. The predicted octanol–water partition coefficient (Wildman–Crippen LogP) is 0.759. The average Bonchev–Trinajstić information content (AvgIpc) is 2.04. The number of rotatable bonds is 6. The standard InChI is InChI=1S/C9H21NO2/c1-8(2)9(11,7-10)5-4-6-12-3/h8,11H,4-7,10H2,1-3H3. The van der Waals surface area contributed by atoms with Crippen LogP contribution in [0.3, 0.4) is 0 Å². The molecule has 0 saturated heterocycles. The van der Waals surface area contributed by atoms with Gasteiger partial charge >= 0.3 is 0 Å². The fourth-order valence-electron chi connectivity index (χ4n) is 1.15. The smallest absolute Gasteiger partial charge is 0.0792 e. The number of hydrogen-bond donors (Lipinski definition) is 2. The van der Waals surface area contributed by atoms with Crippen LogP contribution in [0.4, 0.5) is 0 Å². The van der Waals surface area contributed by atoms with Gasteiger partial charge in [-0.2, -0.15) is 0 Å². The molecular formula is C9H21NO2. The summed E-state index contributed by atoms with van der Waals surface area (Å²) >= 11 is 0. The second-order valence-electron chi connectivity index (χ2n) is 3.56. The number of hydrogen-bond acceptors (Lipinski definition) is 3. The zero-order valence-electron chi connectivity index (χ0n) is 8.34. The van der Waals surface area contributed by atoms with Crippen molar-refractivity contribution in [2.24, 2.45) is 11.7 Å². The van der Waals surface area contributed by atoms with Gasteiger partial charge in [0.25, 0.3) is 0 Å². The van der Waals surface area contributed by atoms with Crippen molar-refractivity contribution < 1.29 is 9.84 Å². The third-order valence-corrected chi connectivity index (χ3v) is 2.39. The summed E-state index contributed by atoms with van der Waals surface area (Å²) in [6.45, 7) is 4.99. The second kappa shape index (κ2) is 5.51. The second-order valence-corrected chi connectivity index (χ2v) is 3.56. The fraction of sp³-hybridized carbons (Fsp3) is 1.00. The normalized spacial score (nSPS) is 16.5. The Morgan fingerprint density at radius 2 is 2.08 bits per heavy atom. The Balaban J connectivity index is 3.80. The van der Waals surface area contributed by atoms with Crippen molar-refractivity contribution in [2.75, 3.05) is 20.3 Å². The van der Waals surface area contributed by atoms with Crippen molar-refractivity contribution in [3.63, 3.8) is 0 Å². The van der Waals surface area contributed by atoms with Crippen molar-refractivity contribution >= 4 is 0 Å². The molecule has 0 rings (SSSR count). The van der Waals surface area contributed by atoms with E-state index >= 15 is 0 Å². The van der Waals surface area contributed by atoms with Gasteiger partial charge in [-0.25, -0.2) is 0 Å². The molecule has 12 heavy (non-hydrogen) atoms. The summed E-state index contributed by atoms with van der Waals surface area (Å²) in [5, 5.41) is 9.94. The quantitative estimate of drug-likeness (QED) is 0.586. The van der Waals surface area contributed by atoms with E-state index in [4.69, 9.17) is 10.5 Å². The van der Waals surface area contributed by atoms with Gasteiger partial charge in [0.2, 0.25) is 0 Å². The molecule has 0 aliphatic heterocycles. The number of methoxy groups -OCH3 is 1. The van der Waals surface area contributed by atoms with E-state index in [1.54, 1.807) is 7.11 Å². The minimum Gasteiger partial charge on any atom is -0.388 e. The third kappa shape index (κ3) is 3.52. The van der Waals surface area contributed by atoms with Gasteiger partial charge in [-0.3, -0.25) is 0 Å². The van der Waals surface area contributed by atoms with E-state index in [9.17, 15) is 5.11 Å². The summed E-state index contributed by atoms with van der Waals surface area (Å²) in [6.07, 6.45) is 1.58. The molecular weight excluding hydrogens is 154 g/mol. The van der Waals surface area contributed by atoms with Crippen LogP contribution in [-0.2, 0) is 4.74 Å².